The van der Waals surface area contributed by atoms with Gasteiger partial charge in [-0.05, 0) is 31.0 Å². The Morgan fingerprint density at radius 2 is 2.24 bits per heavy atom. The van der Waals surface area contributed by atoms with Crippen LogP contribution in [0.3, 0.4) is 0 Å². The van der Waals surface area contributed by atoms with E-state index in [0.717, 1.165) is 26.1 Å². The van der Waals surface area contributed by atoms with Crippen molar-refractivity contribution < 1.29 is 4.79 Å². The zero-order valence-corrected chi connectivity index (χ0v) is 11.3. The Kier molecular flexibility index (Phi) is 6.00. The lowest BCUT2D eigenvalue weighted by molar-refractivity contribution is 0.0953. The summed E-state index contributed by atoms with van der Waals surface area (Å²) >= 11 is 1.38. The van der Waals surface area contributed by atoms with Crippen LogP contribution in [0.15, 0.2) is 11.4 Å². The molecule has 0 fully saturated rings. The number of nitrogens with one attached hydrogen (secondary N) is 1. The molecule has 0 bridgehead atoms. The van der Waals surface area contributed by atoms with Gasteiger partial charge >= 0.3 is 0 Å². The third-order valence-electron chi connectivity index (χ3n) is 2.60. The highest BCUT2D eigenvalue weighted by Crippen LogP contribution is 2.17. The van der Waals surface area contributed by atoms with Gasteiger partial charge in [-0.1, -0.05) is 13.8 Å². The van der Waals surface area contributed by atoms with Crippen LogP contribution in [-0.2, 0) is 0 Å². The molecule has 96 valence electrons. The van der Waals surface area contributed by atoms with Gasteiger partial charge in [-0.2, -0.15) is 0 Å². The topological polar surface area (TPSA) is 58.4 Å². The molecule has 0 saturated heterocycles. The maximum absolute atomic E-state index is 11.8. The number of hydrogen-bond acceptors (Lipinski definition) is 4. The molecule has 0 aliphatic rings. The van der Waals surface area contributed by atoms with Crippen molar-refractivity contribution in [1.29, 1.82) is 0 Å². The van der Waals surface area contributed by atoms with E-state index in [4.69, 9.17) is 5.73 Å². The van der Waals surface area contributed by atoms with Crippen molar-refractivity contribution in [3.63, 3.8) is 0 Å². The second kappa shape index (κ2) is 7.29. The molecule has 1 heterocycles. The highest BCUT2D eigenvalue weighted by atomic mass is 32.1. The lowest BCUT2D eigenvalue weighted by Crippen LogP contribution is -2.35. The minimum Gasteiger partial charge on any atom is -0.397 e. The average Bonchev–Trinajstić information content (AvgIpc) is 2.74. The van der Waals surface area contributed by atoms with Gasteiger partial charge in [0.2, 0.25) is 0 Å². The highest BCUT2D eigenvalue weighted by molar-refractivity contribution is 7.12. The van der Waals surface area contributed by atoms with Crippen LogP contribution in [0.4, 0.5) is 5.69 Å². The smallest absolute Gasteiger partial charge is 0.263 e. The molecule has 0 aromatic carbocycles. The first kappa shape index (κ1) is 14.0. The van der Waals surface area contributed by atoms with Crippen LogP contribution in [0, 0.1) is 0 Å². The Bertz CT molecular complexity index is 351. The molecule has 0 aliphatic heterocycles. The molecule has 3 N–H and O–H groups in total. The minimum absolute atomic E-state index is 0.0648. The van der Waals surface area contributed by atoms with Crippen molar-refractivity contribution >= 4 is 22.9 Å². The summed E-state index contributed by atoms with van der Waals surface area (Å²) in [5.74, 6) is -0.0648. The van der Waals surface area contributed by atoms with Gasteiger partial charge in [0.15, 0.2) is 0 Å². The van der Waals surface area contributed by atoms with Crippen molar-refractivity contribution in [3.8, 4) is 0 Å². The first-order valence-corrected chi connectivity index (χ1v) is 6.90. The summed E-state index contributed by atoms with van der Waals surface area (Å²) in [6, 6.07) is 1.76. The predicted octanol–water partition coefficient (Wildman–Crippen LogP) is 1.79. The maximum Gasteiger partial charge on any atom is 0.263 e. The van der Waals surface area contributed by atoms with Crippen molar-refractivity contribution in [2.24, 2.45) is 0 Å². The number of hydrogen-bond donors (Lipinski definition) is 2. The van der Waals surface area contributed by atoms with Crippen LogP contribution in [0.25, 0.3) is 0 Å². The number of thiophene rings is 1. The van der Waals surface area contributed by atoms with E-state index in [-0.39, 0.29) is 5.91 Å². The van der Waals surface area contributed by atoms with E-state index in [1.165, 1.54) is 11.3 Å². The molecule has 1 aromatic heterocycles. The van der Waals surface area contributed by atoms with Crippen LogP contribution >= 0.6 is 11.3 Å². The lowest BCUT2D eigenvalue weighted by Gasteiger charge is -2.19. The molecule has 0 radical (unpaired) electrons. The maximum atomic E-state index is 11.8. The van der Waals surface area contributed by atoms with E-state index >= 15 is 0 Å². The first-order valence-electron chi connectivity index (χ1n) is 6.02. The van der Waals surface area contributed by atoms with Gasteiger partial charge in [-0.15, -0.1) is 11.3 Å². The standard InChI is InChI=1S/C12H21N3OS/c1-3-7-15(4-2)8-6-14-12(16)11-10(13)5-9-17-11/h5,9H,3-4,6-8,13H2,1-2H3,(H,14,16). The predicted molar refractivity (Wildman–Crippen MR) is 73.5 cm³/mol. The molecule has 0 atom stereocenters. The molecular weight excluding hydrogens is 234 g/mol. The molecule has 1 rings (SSSR count). The van der Waals surface area contributed by atoms with Gasteiger partial charge in [-0.3, -0.25) is 4.79 Å². The van der Waals surface area contributed by atoms with E-state index in [1.807, 2.05) is 5.38 Å². The van der Waals surface area contributed by atoms with Gasteiger partial charge in [0.1, 0.15) is 4.88 Å². The first-order chi connectivity index (χ1) is 8.19. The number of carbonyl (C=O) groups excluding carboxylic acids is 1. The van der Waals surface area contributed by atoms with Gasteiger partial charge in [0.05, 0.1) is 5.69 Å². The summed E-state index contributed by atoms with van der Waals surface area (Å²) in [6.07, 6.45) is 1.14. The van der Waals surface area contributed by atoms with E-state index in [9.17, 15) is 4.79 Å². The number of nitrogens with zero attached hydrogens (tertiary/aromatic N) is 1. The van der Waals surface area contributed by atoms with Crippen molar-refractivity contribution in [3.05, 3.63) is 16.3 Å². The average molecular weight is 255 g/mol. The molecule has 17 heavy (non-hydrogen) atoms. The van der Waals surface area contributed by atoms with Crippen LogP contribution in [0.2, 0.25) is 0 Å². The number of rotatable bonds is 7. The molecule has 1 aromatic rings. The van der Waals surface area contributed by atoms with E-state index < -0.39 is 0 Å². The number of likely N-dealkylation sites (N-methyl/N-ethyl adjacent to an activating group) is 1. The molecule has 0 spiro atoms. The third-order valence-corrected chi connectivity index (χ3v) is 3.53. The number of amides is 1. The van der Waals surface area contributed by atoms with Crippen molar-refractivity contribution in [2.45, 2.75) is 20.3 Å². The molecular formula is C12H21N3OS. The van der Waals surface area contributed by atoms with E-state index in [1.54, 1.807) is 6.07 Å². The Hall–Kier alpha value is -1.07. The summed E-state index contributed by atoms with van der Waals surface area (Å²) in [5.41, 5.74) is 6.25. The fourth-order valence-corrected chi connectivity index (χ4v) is 2.39. The summed E-state index contributed by atoms with van der Waals surface area (Å²) in [6.45, 7) is 7.95. The minimum atomic E-state index is -0.0648. The number of nitrogen functional groups attached to an aromatic ring is 1. The molecule has 4 nitrogen and oxygen atoms in total. The van der Waals surface area contributed by atoms with Crippen molar-refractivity contribution in [1.82, 2.24) is 10.2 Å². The monoisotopic (exact) mass is 255 g/mol. The van der Waals surface area contributed by atoms with Gasteiger partial charge in [0.25, 0.3) is 5.91 Å². The molecule has 1 amide bonds. The normalized spacial score (nSPS) is 10.8. The lowest BCUT2D eigenvalue weighted by atomic mass is 10.3. The summed E-state index contributed by atoms with van der Waals surface area (Å²) in [4.78, 5) is 14.7. The SMILES string of the molecule is CCCN(CC)CCNC(=O)c1sccc1N. The molecule has 0 aliphatic carbocycles. The van der Waals surface area contributed by atoms with Crippen molar-refractivity contribution in [2.75, 3.05) is 31.9 Å². The molecule has 5 heteroatoms. The van der Waals surface area contributed by atoms with Gasteiger partial charge < -0.3 is 16.0 Å². The highest BCUT2D eigenvalue weighted by Gasteiger charge is 2.10. The Balaban J connectivity index is 2.31. The Morgan fingerprint density at radius 1 is 1.47 bits per heavy atom. The van der Waals surface area contributed by atoms with E-state index in [2.05, 4.69) is 24.1 Å². The summed E-state index contributed by atoms with van der Waals surface area (Å²) in [5, 5.41) is 4.73. The third kappa shape index (κ3) is 4.36. The second-order valence-electron chi connectivity index (χ2n) is 3.90. The second-order valence-corrected chi connectivity index (χ2v) is 4.81. The fraction of sp³-hybridized carbons (Fsp3) is 0.583. The van der Waals surface area contributed by atoms with Crippen LogP contribution in [0.5, 0.6) is 0 Å². The summed E-state index contributed by atoms with van der Waals surface area (Å²) in [7, 11) is 0. The zero-order chi connectivity index (χ0) is 12.7. The van der Waals surface area contributed by atoms with Gasteiger partial charge in [-0.25, -0.2) is 0 Å². The molecule has 0 saturated carbocycles. The Morgan fingerprint density at radius 3 is 2.76 bits per heavy atom. The number of anilines is 1. The quantitative estimate of drug-likeness (QED) is 0.781. The van der Waals surface area contributed by atoms with Crippen LogP contribution < -0.4 is 11.1 Å². The fourth-order valence-electron chi connectivity index (χ4n) is 1.66. The molecule has 0 unspecified atom stereocenters. The summed E-state index contributed by atoms with van der Waals surface area (Å²) < 4.78 is 0. The number of nitrogens with two attached hydrogens (primary N) is 1. The Labute approximate surface area is 107 Å². The van der Waals surface area contributed by atoms with Crippen LogP contribution in [0.1, 0.15) is 29.9 Å². The van der Waals surface area contributed by atoms with Crippen LogP contribution in [-0.4, -0.2) is 37.0 Å². The van der Waals surface area contributed by atoms with E-state index in [0.29, 0.717) is 17.1 Å². The van der Waals surface area contributed by atoms with Gasteiger partial charge in [0, 0.05) is 13.1 Å². The zero-order valence-electron chi connectivity index (χ0n) is 10.5. The largest absolute Gasteiger partial charge is 0.397 e. The number of carbonyl (C=O) groups is 1.